The summed E-state index contributed by atoms with van der Waals surface area (Å²) in [6.45, 7) is 4.69. The molecule has 0 aromatic carbocycles. The fourth-order valence-electron chi connectivity index (χ4n) is 4.28. The predicted octanol–water partition coefficient (Wildman–Crippen LogP) is 3.35. The zero-order valence-corrected chi connectivity index (χ0v) is 17.3. The Morgan fingerprint density at radius 2 is 2.10 bits per heavy atom. The van der Waals surface area contributed by atoms with Gasteiger partial charge in [-0.25, -0.2) is 9.97 Å². The fourth-order valence-corrected chi connectivity index (χ4v) is 4.28. The van der Waals surface area contributed by atoms with Gasteiger partial charge in [-0.05, 0) is 43.0 Å². The van der Waals surface area contributed by atoms with Crippen LogP contribution in [0.3, 0.4) is 0 Å². The number of hydrogen-bond donors (Lipinski definition) is 3. The van der Waals surface area contributed by atoms with Gasteiger partial charge in [0.25, 0.3) is 0 Å². The van der Waals surface area contributed by atoms with Gasteiger partial charge in [0.05, 0.1) is 16.9 Å². The third-order valence-corrected chi connectivity index (χ3v) is 5.70. The number of pyridine rings is 2. The van der Waals surface area contributed by atoms with Crippen LogP contribution in [0.5, 0.6) is 0 Å². The van der Waals surface area contributed by atoms with Gasteiger partial charge in [0.2, 0.25) is 0 Å². The van der Waals surface area contributed by atoms with E-state index in [-0.39, 0.29) is 23.9 Å². The molecule has 4 rings (SSSR count). The monoisotopic (exact) mass is 434 g/mol. The van der Waals surface area contributed by atoms with Crippen molar-refractivity contribution in [3.63, 3.8) is 0 Å². The van der Waals surface area contributed by atoms with Crippen LogP contribution >= 0.6 is 0 Å². The number of hydrogen-bond acceptors (Lipinski definition) is 6. The summed E-state index contributed by atoms with van der Waals surface area (Å²) in [6.07, 6.45) is -2.07. The number of aliphatic hydroxyl groups is 1. The summed E-state index contributed by atoms with van der Waals surface area (Å²) in [4.78, 5) is 10.3. The molecule has 10 heteroatoms. The van der Waals surface area contributed by atoms with E-state index in [0.29, 0.717) is 36.2 Å². The Kier molecular flexibility index (Phi) is 5.38. The van der Waals surface area contributed by atoms with Crippen LogP contribution in [0.1, 0.15) is 32.3 Å². The van der Waals surface area contributed by atoms with Crippen molar-refractivity contribution in [1.82, 2.24) is 20.2 Å². The Hall–Kier alpha value is -2.72. The standard InChI is InChI=1S/C21H25F3N6O/c1-12(2)10-20(31)11-30(9-7-15(20)25)16-6-5-14(21(22,23)24)18(27-16)17-13-4-3-8-26-19(13)29-28-17/h3-6,8,12,15,31H,7,9-11,25H2,1-2H3,(H,26,28,29)/t15-,20-/m0/s1. The van der Waals surface area contributed by atoms with Gasteiger partial charge < -0.3 is 15.7 Å². The molecule has 2 atom stereocenters. The van der Waals surface area contributed by atoms with Crippen LogP contribution in [0, 0.1) is 5.92 Å². The zero-order valence-electron chi connectivity index (χ0n) is 17.3. The van der Waals surface area contributed by atoms with Gasteiger partial charge >= 0.3 is 6.18 Å². The van der Waals surface area contributed by atoms with Crippen LogP contribution in [-0.2, 0) is 6.18 Å². The quantitative estimate of drug-likeness (QED) is 0.582. The van der Waals surface area contributed by atoms with E-state index in [1.54, 1.807) is 17.0 Å². The smallest absolute Gasteiger partial charge is 0.386 e. The third-order valence-electron chi connectivity index (χ3n) is 5.70. The normalized spacial score (nSPS) is 22.5. The lowest BCUT2D eigenvalue weighted by Gasteiger charge is -2.45. The lowest BCUT2D eigenvalue weighted by atomic mass is 9.81. The van der Waals surface area contributed by atoms with Crippen LogP contribution in [-0.4, -0.2) is 50.0 Å². The van der Waals surface area contributed by atoms with Crippen LogP contribution in [0.4, 0.5) is 19.0 Å². The summed E-state index contributed by atoms with van der Waals surface area (Å²) in [5.74, 6) is 0.569. The van der Waals surface area contributed by atoms with Gasteiger partial charge in [0, 0.05) is 30.7 Å². The van der Waals surface area contributed by atoms with Crippen LogP contribution in [0.2, 0.25) is 0 Å². The first kappa shape index (κ1) is 21.5. The van der Waals surface area contributed by atoms with Gasteiger partial charge in [0.1, 0.15) is 11.5 Å². The number of piperidine rings is 1. The minimum atomic E-state index is -4.59. The van der Waals surface area contributed by atoms with Gasteiger partial charge in [-0.15, -0.1) is 0 Å². The summed E-state index contributed by atoms with van der Waals surface area (Å²) >= 11 is 0. The van der Waals surface area contributed by atoms with E-state index in [0.717, 1.165) is 6.07 Å². The summed E-state index contributed by atoms with van der Waals surface area (Å²) in [5, 5.41) is 18.2. The molecule has 0 aliphatic carbocycles. The molecule has 7 nitrogen and oxygen atoms in total. The molecule has 1 fully saturated rings. The SMILES string of the molecule is CC(C)C[C@]1(O)CN(c2ccc(C(F)(F)F)c(-c3[nH]nc4ncccc34)n2)CC[C@@H]1N. The molecule has 0 spiro atoms. The van der Waals surface area contributed by atoms with E-state index in [1.807, 2.05) is 13.8 Å². The van der Waals surface area contributed by atoms with Crippen LogP contribution in [0.15, 0.2) is 30.5 Å². The highest BCUT2D eigenvalue weighted by atomic mass is 19.4. The van der Waals surface area contributed by atoms with Crippen molar-refractivity contribution in [2.45, 2.75) is 44.5 Å². The first-order chi connectivity index (χ1) is 14.6. The predicted molar refractivity (Wildman–Crippen MR) is 111 cm³/mol. The molecule has 1 aliphatic heterocycles. The number of nitrogens with zero attached hydrogens (tertiary/aromatic N) is 4. The second-order valence-electron chi connectivity index (χ2n) is 8.55. The lowest BCUT2D eigenvalue weighted by Crippen LogP contribution is -2.61. The van der Waals surface area contributed by atoms with Crippen LogP contribution in [0.25, 0.3) is 22.4 Å². The second-order valence-corrected chi connectivity index (χ2v) is 8.55. The number of alkyl halides is 3. The van der Waals surface area contributed by atoms with Crippen LogP contribution < -0.4 is 10.6 Å². The molecule has 0 saturated carbocycles. The summed E-state index contributed by atoms with van der Waals surface area (Å²) < 4.78 is 41.3. The number of halogens is 3. The first-order valence-electron chi connectivity index (χ1n) is 10.2. The van der Waals surface area contributed by atoms with Crippen molar-refractivity contribution >= 4 is 16.9 Å². The molecule has 0 unspecified atom stereocenters. The van der Waals surface area contributed by atoms with E-state index in [1.165, 1.54) is 12.3 Å². The molecule has 1 aliphatic rings. The Morgan fingerprint density at radius 1 is 1.32 bits per heavy atom. The number of nitrogens with two attached hydrogens (primary N) is 1. The van der Waals surface area contributed by atoms with Crippen molar-refractivity contribution in [2.24, 2.45) is 11.7 Å². The van der Waals surface area contributed by atoms with Gasteiger partial charge in [-0.3, -0.25) is 5.10 Å². The minimum Gasteiger partial charge on any atom is -0.386 e. The maximum absolute atomic E-state index is 13.8. The van der Waals surface area contributed by atoms with Crippen molar-refractivity contribution in [3.8, 4) is 11.4 Å². The second kappa shape index (κ2) is 7.76. The van der Waals surface area contributed by atoms with E-state index >= 15 is 0 Å². The van der Waals surface area contributed by atoms with E-state index in [9.17, 15) is 18.3 Å². The number of aromatic nitrogens is 4. The Bertz CT molecular complexity index is 1080. The van der Waals surface area contributed by atoms with Crippen molar-refractivity contribution < 1.29 is 18.3 Å². The molecule has 3 aromatic rings. The molecule has 0 bridgehead atoms. The number of β-amino-alcohol motifs (C(OH)–C–C–N with tert-alkyl or cyclic N) is 1. The molecule has 0 radical (unpaired) electrons. The average Bonchev–Trinajstić information content (AvgIpc) is 3.12. The van der Waals surface area contributed by atoms with Gasteiger partial charge in [-0.2, -0.15) is 18.3 Å². The summed E-state index contributed by atoms with van der Waals surface area (Å²) in [5.41, 5.74) is 4.41. The van der Waals surface area contributed by atoms with Crippen molar-refractivity contribution in [2.75, 3.05) is 18.0 Å². The molecule has 0 amide bonds. The Morgan fingerprint density at radius 3 is 2.81 bits per heavy atom. The number of nitrogens with one attached hydrogen (secondary N) is 1. The summed E-state index contributed by atoms with van der Waals surface area (Å²) in [7, 11) is 0. The lowest BCUT2D eigenvalue weighted by molar-refractivity contribution is -0.137. The topological polar surface area (TPSA) is 104 Å². The van der Waals surface area contributed by atoms with Crippen molar-refractivity contribution in [1.29, 1.82) is 0 Å². The molecule has 3 aromatic heterocycles. The Balaban J connectivity index is 1.78. The largest absolute Gasteiger partial charge is 0.418 e. The molecule has 166 valence electrons. The molecule has 1 saturated heterocycles. The third kappa shape index (κ3) is 4.09. The van der Waals surface area contributed by atoms with Gasteiger partial charge in [0.15, 0.2) is 5.65 Å². The first-order valence-corrected chi connectivity index (χ1v) is 10.2. The number of fused-ring (bicyclic) bond motifs is 1. The number of H-pyrrole nitrogens is 1. The zero-order chi connectivity index (χ0) is 22.4. The molecular weight excluding hydrogens is 409 g/mol. The Labute approximate surface area is 177 Å². The average molecular weight is 434 g/mol. The molecular formula is C21H25F3N6O. The maximum Gasteiger partial charge on any atom is 0.418 e. The molecule has 4 N–H and O–H groups in total. The minimum absolute atomic E-state index is 0.156. The highest BCUT2D eigenvalue weighted by Gasteiger charge is 2.41. The van der Waals surface area contributed by atoms with E-state index < -0.39 is 23.4 Å². The van der Waals surface area contributed by atoms with E-state index in [4.69, 9.17) is 5.73 Å². The fraction of sp³-hybridized carbons (Fsp3) is 0.476. The maximum atomic E-state index is 13.8. The highest BCUT2D eigenvalue weighted by molar-refractivity contribution is 5.90. The molecule has 4 heterocycles. The summed E-state index contributed by atoms with van der Waals surface area (Å²) in [6, 6.07) is 5.25. The van der Waals surface area contributed by atoms with Gasteiger partial charge in [-0.1, -0.05) is 13.8 Å². The highest BCUT2D eigenvalue weighted by Crippen LogP contribution is 2.39. The number of aromatic amines is 1. The number of anilines is 1. The van der Waals surface area contributed by atoms with E-state index in [2.05, 4.69) is 20.2 Å². The number of rotatable bonds is 4. The van der Waals surface area contributed by atoms with Crippen molar-refractivity contribution in [3.05, 3.63) is 36.0 Å². The molecule has 31 heavy (non-hydrogen) atoms.